The van der Waals surface area contributed by atoms with Crippen molar-refractivity contribution in [3.05, 3.63) is 16.1 Å². The van der Waals surface area contributed by atoms with Crippen LogP contribution < -0.4 is 5.14 Å². The highest BCUT2D eigenvalue weighted by atomic mass is 32.2. The highest BCUT2D eigenvalue weighted by Crippen LogP contribution is 2.11. The van der Waals surface area contributed by atoms with Gasteiger partial charge >= 0.3 is 5.97 Å². The quantitative estimate of drug-likeness (QED) is 0.724. The van der Waals surface area contributed by atoms with Crippen molar-refractivity contribution in [2.45, 2.75) is 5.75 Å². The van der Waals surface area contributed by atoms with Gasteiger partial charge in [0.1, 0.15) is 10.8 Å². The molecule has 0 spiro atoms. The van der Waals surface area contributed by atoms with E-state index >= 15 is 0 Å². The Morgan fingerprint density at radius 2 is 2.31 bits per heavy atom. The lowest BCUT2D eigenvalue weighted by atomic mass is 10.5. The van der Waals surface area contributed by atoms with Crippen molar-refractivity contribution >= 4 is 27.3 Å². The lowest BCUT2D eigenvalue weighted by Gasteiger charge is -1.90. The second kappa shape index (κ2) is 3.40. The summed E-state index contributed by atoms with van der Waals surface area (Å²) in [5.41, 5.74) is -0.163. The van der Waals surface area contributed by atoms with Crippen molar-refractivity contribution in [2.24, 2.45) is 5.14 Å². The predicted octanol–water partition coefficient (Wildman–Crippen LogP) is -0.370. The van der Waals surface area contributed by atoms with Gasteiger partial charge < -0.3 is 5.11 Å². The molecule has 13 heavy (non-hydrogen) atoms. The fraction of sp³-hybridized carbons (Fsp3) is 0.200. The zero-order valence-corrected chi connectivity index (χ0v) is 7.93. The lowest BCUT2D eigenvalue weighted by Crippen LogP contribution is -2.14. The van der Waals surface area contributed by atoms with Gasteiger partial charge in [0.25, 0.3) is 0 Å². The van der Waals surface area contributed by atoms with Crippen LogP contribution in [0.25, 0.3) is 0 Å². The van der Waals surface area contributed by atoms with Gasteiger partial charge in [-0.15, -0.1) is 11.3 Å². The summed E-state index contributed by atoms with van der Waals surface area (Å²) in [4.78, 5) is 13.9. The van der Waals surface area contributed by atoms with Crippen LogP contribution in [0.2, 0.25) is 0 Å². The smallest absolute Gasteiger partial charge is 0.355 e. The summed E-state index contributed by atoms with van der Waals surface area (Å²) in [5.74, 6) is -1.61. The van der Waals surface area contributed by atoms with Crippen LogP contribution in [0, 0.1) is 0 Å². The van der Waals surface area contributed by atoms with E-state index in [4.69, 9.17) is 10.2 Å². The Morgan fingerprint density at radius 3 is 2.69 bits per heavy atom. The number of carboxylic acid groups (broad SMARTS) is 1. The third-order valence-electron chi connectivity index (χ3n) is 1.10. The number of nitrogens with zero attached hydrogens (tertiary/aromatic N) is 1. The number of hydrogen-bond donors (Lipinski definition) is 2. The number of nitrogens with two attached hydrogens (primary N) is 1. The Bertz CT molecular complexity index is 421. The second-order valence-corrected chi connectivity index (χ2v) is 4.80. The first-order valence-corrected chi connectivity index (χ1v) is 5.66. The van der Waals surface area contributed by atoms with E-state index in [1.54, 1.807) is 0 Å². The van der Waals surface area contributed by atoms with Gasteiger partial charge in [-0.2, -0.15) is 0 Å². The molecule has 0 saturated heterocycles. The average molecular weight is 222 g/mol. The van der Waals surface area contributed by atoms with Crippen LogP contribution in [0.1, 0.15) is 15.5 Å². The third-order valence-corrected chi connectivity index (χ3v) is 2.80. The highest BCUT2D eigenvalue weighted by molar-refractivity contribution is 7.88. The Kier molecular flexibility index (Phi) is 2.64. The molecule has 3 N–H and O–H groups in total. The Morgan fingerprint density at radius 1 is 1.69 bits per heavy atom. The number of carboxylic acids is 1. The molecule has 0 aromatic carbocycles. The first-order chi connectivity index (χ1) is 5.88. The van der Waals surface area contributed by atoms with Gasteiger partial charge in [0.15, 0.2) is 5.69 Å². The van der Waals surface area contributed by atoms with Crippen LogP contribution in [0.5, 0.6) is 0 Å². The maximum atomic E-state index is 10.6. The molecule has 1 aromatic rings. The summed E-state index contributed by atoms with van der Waals surface area (Å²) in [5, 5.41) is 14.7. The molecule has 1 aromatic heterocycles. The molecule has 0 saturated carbocycles. The van der Waals surface area contributed by atoms with Crippen molar-refractivity contribution in [3.63, 3.8) is 0 Å². The van der Waals surface area contributed by atoms with Gasteiger partial charge in [0.05, 0.1) is 0 Å². The molecule has 0 fully saturated rings. The van der Waals surface area contributed by atoms with E-state index in [9.17, 15) is 13.2 Å². The number of aromatic carboxylic acids is 1. The number of rotatable bonds is 3. The van der Waals surface area contributed by atoms with E-state index in [1.807, 2.05) is 0 Å². The summed E-state index contributed by atoms with van der Waals surface area (Å²) < 4.78 is 21.2. The van der Waals surface area contributed by atoms with Gasteiger partial charge in [-0.1, -0.05) is 0 Å². The van der Waals surface area contributed by atoms with Crippen molar-refractivity contribution in [1.29, 1.82) is 0 Å². The molecular weight excluding hydrogens is 216 g/mol. The Labute approximate surface area is 78.1 Å². The molecule has 1 heterocycles. The summed E-state index contributed by atoms with van der Waals surface area (Å²) in [6.45, 7) is 0. The number of thiazole rings is 1. The lowest BCUT2D eigenvalue weighted by molar-refractivity contribution is 0.0691. The molecule has 72 valence electrons. The van der Waals surface area contributed by atoms with Crippen LogP contribution in [0.15, 0.2) is 5.38 Å². The molecule has 8 heteroatoms. The molecule has 0 amide bonds. The van der Waals surface area contributed by atoms with E-state index in [-0.39, 0.29) is 10.7 Å². The number of hydrogen-bond acceptors (Lipinski definition) is 5. The Hall–Kier alpha value is -0.990. The molecule has 1 rings (SSSR count). The summed E-state index contributed by atoms with van der Waals surface area (Å²) in [6, 6.07) is 0. The summed E-state index contributed by atoms with van der Waals surface area (Å²) in [6.07, 6.45) is 0. The van der Waals surface area contributed by atoms with Crippen molar-refractivity contribution in [2.75, 3.05) is 0 Å². The maximum absolute atomic E-state index is 10.6. The largest absolute Gasteiger partial charge is 0.476 e. The van der Waals surface area contributed by atoms with E-state index in [0.29, 0.717) is 0 Å². The zero-order chi connectivity index (χ0) is 10.1. The minimum Gasteiger partial charge on any atom is -0.476 e. The maximum Gasteiger partial charge on any atom is 0.355 e. The molecule has 0 aliphatic heterocycles. The van der Waals surface area contributed by atoms with Crippen molar-refractivity contribution in [1.82, 2.24) is 4.98 Å². The van der Waals surface area contributed by atoms with Crippen molar-refractivity contribution < 1.29 is 18.3 Å². The standard InChI is InChI=1S/C5H6N2O4S2/c6-13(10,11)2-4-7-3(1-12-4)5(8)9/h1H,2H2,(H,8,9)(H2,6,10,11). The highest BCUT2D eigenvalue weighted by Gasteiger charge is 2.12. The number of primary sulfonamides is 1. The summed E-state index contributed by atoms with van der Waals surface area (Å²) in [7, 11) is -3.63. The van der Waals surface area contributed by atoms with E-state index in [0.717, 1.165) is 11.3 Å². The van der Waals surface area contributed by atoms with Gasteiger partial charge in [0.2, 0.25) is 10.0 Å². The van der Waals surface area contributed by atoms with Crippen LogP contribution >= 0.6 is 11.3 Å². The van der Waals surface area contributed by atoms with E-state index in [1.165, 1.54) is 5.38 Å². The average Bonchev–Trinajstić information content (AvgIpc) is 2.31. The van der Waals surface area contributed by atoms with Gasteiger partial charge in [-0.25, -0.2) is 23.3 Å². The summed E-state index contributed by atoms with van der Waals surface area (Å²) >= 11 is 0.954. The Balaban J connectivity index is 2.87. The second-order valence-electron chi connectivity index (χ2n) is 2.24. The molecule has 0 aliphatic carbocycles. The van der Waals surface area contributed by atoms with Crippen LogP contribution in [0.4, 0.5) is 0 Å². The van der Waals surface area contributed by atoms with Crippen molar-refractivity contribution in [3.8, 4) is 0 Å². The minimum atomic E-state index is -3.63. The van der Waals surface area contributed by atoms with Gasteiger partial charge in [-0.05, 0) is 0 Å². The van der Waals surface area contributed by atoms with Crippen LogP contribution in [-0.2, 0) is 15.8 Å². The monoisotopic (exact) mass is 222 g/mol. The van der Waals surface area contributed by atoms with E-state index < -0.39 is 21.7 Å². The van der Waals surface area contributed by atoms with Gasteiger partial charge in [0, 0.05) is 5.38 Å². The van der Waals surface area contributed by atoms with E-state index in [2.05, 4.69) is 4.98 Å². The van der Waals surface area contributed by atoms with Crippen LogP contribution in [0.3, 0.4) is 0 Å². The molecule has 6 nitrogen and oxygen atoms in total. The molecule has 0 atom stereocenters. The SMILES string of the molecule is NS(=O)(=O)Cc1nc(C(=O)O)cs1. The number of sulfonamides is 1. The molecular formula is C5H6N2O4S2. The minimum absolute atomic E-state index is 0.163. The number of carbonyl (C=O) groups is 1. The molecule has 0 aliphatic rings. The molecule has 0 bridgehead atoms. The predicted molar refractivity (Wildman–Crippen MR) is 45.9 cm³/mol. The third kappa shape index (κ3) is 3.09. The fourth-order valence-corrected chi connectivity index (χ4v) is 2.37. The number of aromatic nitrogens is 1. The fourth-order valence-electron chi connectivity index (χ4n) is 0.648. The normalized spacial score (nSPS) is 11.5. The first kappa shape index (κ1) is 10.1. The van der Waals surface area contributed by atoms with Crippen LogP contribution in [-0.4, -0.2) is 24.5 Å². The molecule has 0 unspecified atom stereocenters. The molecule has 0 radical (unpaired) electrons. The topological polar surface area (TPSA) is 110 Å². The zero-order valence-electron chi connectivity index (χ0n) is 6.30. The van der Waals surface area contributed by atoms with Gasteiger partial charge in [-0.3, -0.25) is 0 Å². The first-order valence-electron chi connectivity index (χ1n) is 3.06.